The second-order valence-electron chi connectivity index (χ2n) is 7.19. The van der Waals surface area contributed by atoms with Crippen LogP contribution in [0.15, 0.2) is 48.5 Å². The lowest BCUT2D eigenvalue weighted by Crippen LogP contribution is -2.34. The number of anilines is 1. The van der Waals surface area contributed by atoms with Crippen molar-refractivity contribution in [1.29, 1.82) is 0 Å². The van der Waals surface area contributed by atoms with Gasteiger partial charge in [-0.25, -0.2) is 4.79 Å². The monoisotopic (exact) mass is 379 g/mol. The van der Waals surface area contributed by atoms with E-state index in [0.29, 0.717) is 24.3 Å². The summed E-state index contributed by atoms with van der Waals surface area (Å²) in [5, 5.41) is 2.99. The summed E-state index contributed by atoms with van der Waals surface area (Å²) >= 11 is 0. The molecule has 5 nitrogen and oxygen atoms in total. The van der Waals surface area contributed by atoms with Gasteiger partial charge in [0.15, 0.2) is 0 Å². The van der Waals surface area contributed by atoms with Gasteiger partial charge in [0.05, 0.1) is 6.04 Å². The molecule has 2 aromatic rings. The molecule has 1 atom stereocenters. The Bertz CT molecular complexity index is 828. The Kier molecular flexibility index (Phi) is 6.34. The van der Waals surface area contributed by atoms with Gasteiger partial charge >= 0.3 is 6.03 Å². The minimum absolute atomic E-state index is 0.0158. The molecule has 1 aliphatic rings. The number of amides is 3. The zero-order valence-electron chi connectivity index (χ0n) is 16.9. The number of aryl methyl sites for hydroxylation is 1. The molecule has 148 valence electrons. The van der Waals surface area contributed by atoms with Crippen molar-refractivity contribution in [2.75, 3.05) is 25.0 Å². The molecule has 0 aromatic heterocycles. The van der Waals surface area contributed by atoms with Gasteiger partial charge in [-0.1, -0.05) is 24.3 Å². The van der Waals surface area contributed by atoms with E-state index in [4.69, 9.17) is 0 Å². The molecular formula is C23H29N3O2. The molecule has 1 fully saturated rings. The van der Waals surface area contributed by atoms with Gasteiger partial charge in [-0.3, -0.25) is 4.79 Å². The van der Waals surface area contributed by atoms with E-state index in [-0.39, 0.29) is 18.0 Å². The predicted octanol–water partition coefficient (Wildman–Crippen LogP) is 4.85. The van der Waals surface area contributed by atoms with Crippen molar-refractivity contribution in [2.45, 2.75) is 39.7 Å². The summed E-state index contributed by atoms with van der Waals surface area (Å²) in [5.41, 5.74) is 3.78. The van der Waals surface area contributed by atoms with Crippen LogP contribution in [-0.2, 0) is 0 Å². The lowest BCUT2D eigenvalue weighted by molar-refractivity contribution is 0.0773. The van der Waals surface area contributed by atoms with Gasteiger partial charge in [0.2, 0.25) is 0 Å². The van der Waals surface area contributed by atoms with Gasteiger partial charge in [-0.05, 0) is 69.0 Å². The normalized spacial score (nSPS) is 16.1. The largest absolute Gasteiger partial charge is 0.339 e. The highest BCUT2D eigenvalue weighted by Crippen LogP contribution is 2.34. The molecular weight excluding hydrogens is 350 g/mol. The van der Waals surface area contributed by atoms with Gasteiger partial charge in [-0.15, -0.1) is 0 Å². The van der Waals surface area contributed by atoms with E-state index in [1.807, 2.05) is 30.9 Å². The molecule has 0 spiro atoms. The van der Waals surface area contributed by atoms with E-state index < -0.39 is 0 Å². The quantitative estimate of drug-likeness (QED) is 0.808. The number of carbonyl (C=O) groups is 2. The molecule has 1 heterocycles. The Labute approximate surface area is 167 Å². The SMILES string of the molecule is CCN(CC)C(=O)c1ccc(NC(=O)N2CCCC2c2ccccc2C)cc1. The fraction of sp³-hybridized carbons (Fsp3) is 0.391. The third kappa shape index (κ3) is 4.19. The maximum absolute atomic E-state index is 12.9. The van der Waals surface area contributed by atoms with Crippen molar-refractivity contribution in [1.82, 2.24) is 9.80 Å². The van der Waals surface area contributed by atoms with Crippen LogP contribution in [0.1, 0.15) is 54.2 Å². The predicted molar refractivity (Wildman–Crippen MR) is 113 cm³/mol. The maximum Gasteiger partial charge on any atom is 0.322 e. The van der Waals surface area contributed by atoms with E-state index >= 15 is 0 Å². The van der Waals surface area contributed by atoms with Crippen LogP contribution in [0.4, 0.5) is 10.5 Å². The summed E-state index contributed by atoms with van der Waals surface area (Å²) in [7, 11) is 0. The van der Waals surface area contributed by atoms with Crippen molar-refractivity contribution >= 4 is 17.6 Å². The molecule has 0 bridgehead atoms. The third-order valence-electron chi connectivity index (χ3n) is 5.49. The van der Waals surface area contributed by atoms with Crippen molar-refractivity contribution in [2.24, 2.45) is 0 Å². The standard InChI is InChI=1S/C23H29N3O2/c1-4-25(5-2)22(27)18-12-14-19(15-13-18)24-23(28)26-16-8-11-21(26)20-10-7-6-9-17(20)3/h6-7,9-10,12-15,21H,4-5,8,11,16H2,1-3H3,(H,24,28). The highest BCUT2D eigenvalue weighted by Gasteiger charge is 2.30. The van der Waals surface area contributed by atoms with Crippen LogP contribution < -0.4 is 5.32 Å². The van der Waals surface area contributed by atoms with Crippen molar-refractivity contribution in [3.63, 3.8) is 0 Å². The van der Waals surface area contributed by atoms with Crippen molar-refractivity contribution in [3.05, 3.63) is 65.2 Å². The first-order chi connectivity index (χ1) is 13.5. The number of hydrogen-bond acceptors (Lipinski definition) is 2. The molecule has 3 rings (SSSR count). The van der Waals surface area contributed by atoms with Crippen LogP contribution in [0.3, 0.4) is 0 Å². The number of urea groups is 1. The van der Waals surface area contributed by atoms with E-state index in [1.54, 1.807) is 29.2 Å². The molecule has 3 amide bonds. The Morgan fingerprint density at radius 3 is 2.39 bits per heavy atom. The number of rotatable bonds is 5. The van der Waals surface area contributed by atoms with Gasteiger partial charge in [0.1, 0.15) is 0 Å². The van der Waals surface area contributed by atoms with Crippen LogP contribution in [0.25, 0.3) is 0 Å². The van der Waals surface area contributed by atoms with E-state index in [2.05, 4.69) is 24.4 Å². The first kappa shape index (κ1) is 19.9. The Balaban J connectivity index is 1.69. The zero-order chi connectivity index (χ0) is 20.1. The highest BCUT2D eigenvalue weighted by molar-refractivity contribution is 5.95. The number of nitrogens with zero attached hydrogens (tertiary/aromatic N) is 2. The number of benzene rings is 2. The van der Waals surface area contributed by atoms with Crippen LogP contribution in [0.5, 0.6) is 0 Å². The third-order valence-corrected chi connectivity index (χ3v) is 5.49. The second-order valence-corrected chi connectivity index (χ2v) is 7.19. The molecule has 1 aliphatic heterocycles. The van der Waals surface area contributed by atoms with Gasteiger partial charge in [0.25, 0.3) is 5.91 Å². The van der Waals surface area contributed by atoms with Crippen LogP contribution in [0, 0.1) is 6.92 Å². The molecule has 0 aliphatic carbocycles. The van der Waals surface area contributed by atoms with E-state index in [1.165, 1.54) is 11.1 Å². The summed E-state index contributed by atoms with van der Waals surface area (Å²) in [6, 6.07) is 15.4. The first-order valence-corrected chi connectivity index (χ1v) is 10.1. The summed E-state index contributed by atoms with van der Waals surface area (Å²) in [6.45, 7) is 8.15. The molecule has 28 heavy (non-hydrogen) atoms. The molecule has 2 aromatic carbocycles. The summed E-state index contributed by atoms with van der Waals surface area (Å²) in [4.78, 5) is 29.0. The lowest BCUT2D eigenvalue weighted by atomic mass is 9.99. The molecule has 5 heteroatoms. The number of nitrogens with one attached hydrogen (secondary N) is 1. The summed E-state index contributed by atoms with van der Waals surface area (Å²) in [5.74, 6) is 0.0158. The van der Waals surface area contributed by atoms with Crippen LogP contribution in [0.2, 0.25) is 0 Å². The maximum atomic E-state index is 12.9. The smallest absolute Gasteiger partial charge is 0.322 e. The first-order valence-electron chi connectivity index (χ1n) is 10.1. The lowest BCUT2D eigenvalue weighted by Gasteiger charge is -2.26. The van der Waals surface area contributed by atoms with Crippen molar-refractivity contribution < 1.29 is 9.59 Å². The Hall–Kier alpha value is -2.82. The Morgan fingerprint density at radius 2 is 1.75 bits per heavy atom. The van der Waals surface area contributed by atoms with Gasteiger partial charge in [0, 0.05) is 30.9 Å². The average molecular weight is 380 g/mol. The molecule has 1 N–H and O–H groups in total. The van der Waals surface area contributed by atoms with Gasteiger partial charge in [-0.2, -0.15) is 0 Å². The zero-order valence-corrected chi connectivity index (χ0v) is 16.9. The van der Waals surface area contributed by atoms with E-state index in [9.17, 15) is 9.59 Å². The van der Waals surface area contributed by atoms with Crippen LogP contribution in [-0.4, -0.2) is 41.4 Å². The highest BCUT2D eigenvalue weighted by atomic mass is 16.2. The van der Waals surface area contributed by atoms with Crippen LogP contribution >= 0.6 is 0 Å². The topological polar surface area (TPSA) is 52.7 Å². The Morgan fingerprint density at radius 1 is 1.07 bits per heavy atom. The van der Waals surface area contributed by atoms with Crippen molar-refractivity contribution in [3.8, 4) is 0 Å². The molecule has 0 radical (unpaired) electrons. The number of hydrogen-bond donors (Lipinski definition) is 1. The van der Waals surface area contributed by atoms with E-state index in [0.717, 1.165) is 19.4 Å². The molecule has 1 saturated heterocycles. The average Bonchev–Trinajstić information content (AvgIpc) is 3.19. The summed E-state index contributed by atoms with van der Waals surface area (Å²) < 4.78 is 0. The minimum Gasteiger partial charge on any atom is -0.339 e. The minimum atomic E-state index is -0.0893. The van der Waals surface area contributed by atoms with Gasteiger partial charge < -0.3 is 15.1 Å². The number of carbonyl (C=O) groups excluding carboxylic acids is 2. The second kappa shape index (κ2) is 8.91. The number of likely N-dealkylation sites (tertiary alicyclic amines) is 1. The molecule has 0 saturated carbocycles. The fourth-order valence-corrected chi connectivity index (χ4v) is 3.88. The fourth-order valence-electron chi connectivity index (χ4n) is 3.88. The summed E-state index contributed by atoms with van der Waals surface area (Å²) in [6.07, 6.45) is 1.99. The molecule has 1 unspecified atom stereocenters.